The minimum absolute atomic E-state index is 0.131. The number of benzene rings is 1. The Hall–Kier alpha value is -1.79. The van der Waals surface area contributed by atoms with Crippen LogP contribution in [0.1, 0.15) is 20.8 Å². The summed E-state index contributed by atoms with van der Waals surface area (Å²) in [7, 11) is 0. The van der Waals surface area contributed by atoms with Gasteiger partial charge in [0.05, 0.1) is 13.2 Å². The summed E-state index contributed by atoms with van der Waals surface area (Å²) in [5, 5.41) is 2.98. The maximum Gasteiger partial charge on any atom is 0.234 e. The molecule has 1 amide bonds. The Balaban J connectivity index is 1.59. The van der Waals surface area contributed by atoms with E-state index in [1.165, 1.54) is 0 Å². The van der Waals surface area contributed by atoms with Gasteiger partial charge in [0.25, 0.3) is 0 Å². The molecule has 1 aromatic rings. The zero-order valence-corrected chi connectivity index (χ0v) is 16.4. The van der Waals surface area contributed by atoms with E-state index in [-0.39, 0.29) is 5.91 Å². The van der Waals surface area contributed by atoms with Crippen LogP contribution < -0.4 is 14.8 Å². The summed E-state index contributed by atoms with van der Waals surface area (Å²) in [5.74, 6) is 2.36. The third kappa shape index (κ3) is 7.62. The van der Waals surface area contributed by atoms with Gasteiger partial charge in [-0.15, -0.1) is 0 Å². The van der Waals surface area contributed by atoms with Crippen LogP contribution in [0.25, 0.3) is 0 Å². The summed E-state index contributed by atoms with van der Waals surface area (Å²) in [5.41, 5.74) is 0. The molecule has 0 atom stereocenters. The Bertz CT molecular complexity index is 526. The molecular formula is C20H33N3O3. The van der Waals surface area contributed by atoms with Crippen molar-refractivity contribution >= 4 is 5.91 Å². The van der Waals surface area contributed by atoms with Crippen LogP contribution in [-0.2, 0) is 4.79 Å². The summed E-state index contributed by atoms with van der Waals surface area (Å²) in [6.07, 6.45) is 0. The van der Waals surface area contributed by atoms with Gasteiger partial charge < -0.3 is 14.8 Å². The van der Waals surface area contributed by atoms with Crippen molar-refractivity contribution in [3.8, 4) is 11.5 Å². The van der Waals surface area contributed by atoms with E-state index in [9.17, 15) is 4.79 Å². The highest BCUT2D eigenvalue weighted by atomic mass is 16.5. The summed E-state index contributed by atoms with van der Waals surface area (Å²) >= 11 is 0. The average molecular weight is 364 g/mol. The monoisotopic (exact) mass is 363 g/mol. The molecule has 0 bridgehead atoms. The first kappa shape index (κ1) is 20.5. The number of hydrogen-bond acceptors (Lipinski definition) is 5. The lowest BCUT2D eigenvalue weighted by Gasteiger charge is -2.34. The van der Waals surface area contributed by atoms with Crippen LogP contribution in [0.4, 0.5) is 0 Å². The van der Waals surface area contributed by atoms with Crippen LogP contribution in [0, 0.1) is 5.92 Å². The molecule has 0 radical (unpaired) electrons. The van der Waals surface area contributed by atoms with Crippen molar-refractivity contribution < 1.29 is 14.3 Å². The van der Waals surface area contributed by atoms with E-state index in [4.69, 9.17) is 9.47 Å². The molecule has 0 aliphatic carbocycles. The second kappa shape index (κ2) is 11.0. The Morgan fingerprint density at radius 2 is 1.62 bits per heavy atom. The summed E-state index contributed by atoms with van der Waals surface area (Å²) < 4.78 is 11.2. The van der Waals surface area contributed by atoms with Crippen molar-refractivity contribution in [3.05, 3.63) is 24.3 Å². The van der Waals surface area contributed by atoms with E-state index in [1.54, 1.807) is 0 Å². The summed E-state index contributed by atoms with van der Waals surface area (Å²) in [4.78, 5) is 16.5. The molecule has 0 saturated carbocycles. The molecule has 0 spiro atoms. The third-order valence-electron chi connectivity index (χ3n) is 4.35. The lowest BCUT2D eigenvalue weighted by Crippen LogP contribution is -2.50. The van der Waals surface area contributed by atoms with E-state index < -0.39 is 0 Å². The first-order valence-corrected chi connectivity index (χ1v) is 9.64. The Morgan fingerprint density at radius 1 is 1.04 bits per heavy atom. The van der Waals surface area contributed by atoms with E-state index in [0.29, 0.717) is 25.7 Å². The second-order valence-electron chi connectivity index (χ2n) is 7.07. The topological polar surface area (TPSA) is 54.0 Å². The molecule has 26 heavy (non-hydrogen) atoms. The average Bonchev–Trinajstić information content (AvgIpc) is 2.63. The molecule has 1 aliphatic rings. The van der Waals surface area contributed by atoms with Crippen LogP contribution in [0.5, 0.6) is 11.5 Å². The van der Waals surface area contributed by atoms with E-state index >= 15 is 0 Å². The van der Waals surface area contributed by atoms with Crippen LogP contribution in [0.2, 0.25) is 0 Å². The van der Waals surface area contributed by atoms with Crippen molar-refractivity contribution in [2.75, 3.05) is 59.0 Å². The molecule has 6 nitrogen and oxygen atoms in total. The Labute approximate surface area is 157 Å². The fourth-order valence-electron chi connectivity index (χ4n) is 2.84. The predicted molar refractivity (Wildman–Crippen MR) is 104 cm³/mol. The van der Waals surface area contributed by atoms with Gasteiger partial charge in [-0.05, 0) is 37.1 Å². The number of amides is 1. The lowest BCUT2D eigenvalue weighted by molar-refractivity contribution is -0.122. The third-order valence-corrected chi connectivity index (χ3v) is 4.35. The number of nitrogens with one attached hydrogen (secondary N) is 1. The molecule has 1 saturated heterocycles. The van der Waals surface area contributed by atoms with Gasteiger partial charge in [0, 0.05) is 39.3 Å². The smallest absolute Gasteiger partial charge is 0.234 e. The number of carbonyl (C=O) groups excluding carboxylic acids is 1. The van der Waals surface area contributed by atoms with Crippen LogP contribution in [0.3, 0.4) is 0 Å². The maximum absolute atomic E-state index is 11.9. The molecule has 0 unspecified atom stereocenters. The molecule has 2 rings (SSSR count). The van der Waals surface area contributed by atoms with E-state index in [1.807, 2.05) is 31.2 Å². The van der Waals surface area contributed by atoms with Gasteiger partial charge in [-0.2, -0.15) is 0 Å². The van der Waals surface area contributed by atoms with Crippen molar-refractivity contribution in [2.45, 2.75) is 20.8 Å². The second-order valence-corrected chi connectivity index (χ2v) is 7.07. The molecule has 6 heteroatoms. The van der Waals surface area contributed by atoms with Crippen molar-refractivity contribution in [3.63, 3.8) is 0 Å². The zero-order chi connectivity index (χ0) is 18.8. The molecule has 1 aromatic carbocycles. The Kier molecular flexibility index (Phi) is 8.71. The summed E-state index contributed by atoms with van der Waals surface area (Å²) in [6.45, 7) is 13.5. The maximum atomic E-state index is 11.9. The quantitative estimate of drug-likeness (QED) is 0.688. The molecule has 1 fully saturated rings. The minimum atomic E-state index is 0.131. The van der Waals surface area contributed by atoms with Crippen LogP contribution in [0.15, 0.2) is 24.3 Å². The van der Waals surface area contributed by atoms with Gasteiger partial charge in [-0.1, -0.05) is 13.8 Å². The first-order valence-electron chi connectivity index (χ1n) is 9.64. The van der Waals surface area contributed by atoms with Gasteiger partial charge in [0.15, 0.2) is 0 Å². The van der Waals surface area contributed by atoms with Gasteiger partial charge in [0.1, 0.15) is 18.1 Å². The minimum Gasteiger partial charge on any atom is -0.494 e. The standard InChI is InChI=1S/C20H33N3O3/c1-4-25-18-5-7-19(8-6-18)26-14-13-22-9-11-23(12-10-22)16-20(24)21-15-17(2)3/h5-8,17H,4,9-16H2,1-3H3,(H,21,24). The highest BCUT2D eigenvalue weighted by Crippen LogP contribution is 2.17. The molecule has 146 valence electrons. The van der Waals surface area contributed by atoms with E-state index in [0.717, 1.165) is 50.8 Å². The molecule has 1 N–H and O–H groups in total. The van der Waals surface area contributed by atoms with E-state index in [2.05, 4.69) is 29.0 Å². The van der Waals surface area contributed by atoms with Gasteiger partial charge >= 0.3 is 0 Å². The zero-order valence-electron chi connectivity index (χ0n) is 16.4. The fourth-order valence-corrected chi connectivity index (χ4v) is 2.84. The fraction of sp³-hybridized carbons (Fsp3) is 0.650. The summed E-state index contributed by atoms with van der Waals surface area (Å²) in [6, 6.07) is 7.75. The van der Waals surface area contributed by atoms with Crippen molar-refractivity contribution in [2.24, 2.45) is 5.92 Å². The predicted octanol–water partition coefficient (Wildman–Crippen LogP) is 1.85. The highest BCUT2D eigenvalue weighted by molar-refractivity contribution is 5.78. The van der Waals surface area contributed by atoms with Gasteiger partial charge in [-0.25, -0.2) is 0 Å². The number of carbonyl (C=O) groups is 1. The SMILES string of the molecule is CCOc1ccc(OCCN2CCN(CC(=O)NCC(C)C)CC2)cc1. The van der Waals surface area contributed by atoms with Gasteiger partial charge in [0.2, 0.25) is 5.91 Å². The molecular weight excluding hydrogens is 330 g/mol. The molecule has 0 aromatic heterocycles. The largest absolute Gasteiger partial charge is 0.494 e. The van der Waals surface area contributed by atoms with Gasteiger partial charge in [-0.3, -0.25) is 14.6 Å². The number of piperazine rings is 1. The number of nitrogens with zero attached hydrogens (tertiary/aromatic N) is 2. The van der Waals surface area contributed by atoms with Crippen LogP contribution >= 0.6 is 0 Å². The highest BCUT2D eigenvalue weighted by Gasteiger charge is 2.18. The number of hydrogen-bond donors (Lipinski definition) is 1. The molecule has 1 heterocycles. The molecule has 1 aliphatic heterocycles. The normalized spacial score (nSPS) is 15.8. The van der Waals surface area contributed by atoms with Crippen molar-refractivity contribution in [1.29, 1.82) is 0 Å². The first-order chi connectivity index (χ1) is 12.6. The number of ether oxygens (including phenoxy) is 2. The van der Waals surface area contributed by atoms with Crippen molar-refractivity contribution in [1.82, 2.24) is 15.1 Å². The number of rotatable bonds is 10. The Morgan fingerprint density at radius 3 is 2.19 bits per heavy atom. The van der Waals surface area contributed by atoms with Crippen LogP contribution in [-0.4, -0.2) is 74.7 Å². The lowest BCUT2D eigenvalue weighted by atomic mass is 10.2.